The number of nitrogens with one attached hydrogen (secondary N) is 1. The van der Waals surface area contributed by atoms with E-state index in [0.717, 1.165) is 38.5 Å². The van der Waals surface area contributed by atoms with E-state index in [0.29, 0.717) is 12.6 Å². The predicted octanol–water partition coefficient (Wildman–Crippen LogP) is 1.55. The highest BCUT2D eigenvalue weighted by atomic mass is 16.2. The van der Waals surface area contributed by atoms with Crippen molar-refractivity contribution >= 4 is 11.8 Å². The summed E-state index contributed by atoms with van der Waals surface area (Å²) in [4.78, 5) is 25.7. The summed E-state index contributed by atoms with van der Waals surface area (Å²) in [6.45, 7) is 2.76. The average Bonchev–Trinajstić information content (AvgIpc) is 2.93. The van der Waals surface area contributed by atoms with E-state index < -0.39 is 0 Å². The molecule has 1 saturated heterocycles. The zero-order valence-electron chi connectivity index (χ0n) is 11.4. The topological polar surface area (TPSA) is 49.4 Å². The summed E-state index contributed by atoms with van der Waals surface area (Å²) < 4.78 is 0. The minimum Gasteiger partial charge on any atom is -0.317 e. The fourth-order valence-electron chi connectivity index (χ4n) is 3.33. The Balaban J connectivity index is 1.83. The number of carbonyl (C=O) groups excluding carboxylic acids is 2. The maximum absolute atomic E-state index is 12.1. The van der Waals surface area contributed by atoms with E-state index >= 15 is 0 Å². The molecule has 1 N–H and O–H groups in total. The summed E-state index contributed by atoms with van der Waals surface area (Å²) in [5, 5.41) is 3.25. The minimum absolute atomic E-state index is 0.0174. The number of nitrogens with zero attached hydrogens (tertiary/aromatic N) is 1. The first-order chi connectivity index (χ1) is 8.69. The Kier molecular flexibility index (Phi) is 4.38. The van der Waals surface area contributed by atoms with Crippen LogP contribution in [0.5, 0.6) is 0 Å². The van der Waals surface area contributed by atoms with Crippen molar-refractivity contribution < 1.29 is 9.59 Å². The second kappa shape index (κ2) is 5.83. The summed E-state index contributed by atoms with van der Waals surface area (Å²) >= 11 is 0. The van der Waals surface area contributed by atoms with E-state index in [9.17, 15) is 9.59 Å². The summed E-state index contributed by atoms with van der Waals surface area (Å²) in [6, 6.07) is 0.498. The molecule has 1 aliphatic heterocycles. The molecule has 0 spiro atoms. The maximum Gasteiger partial charge on any atom is 0.233 e. The molecule has 2 amide bonds. The number of amides is 2. The fourth-order valence-corrected chi connectivity index (χ4v) is 3.33. The zero-order chi connectivity index (χ0) is 13.1. The number of imide groups is 1. The molecule has 0 aromatic carbocycles. The first-order valence-corrected chi connectivity index (χ1v) is 7.21. The van der Waals surface area contributed by atoms with E-state index in [1.807, 2.05) is 7.05 Å². The van der Waals surface area contributed by atoms with Crippen molar-refractivity contribution in [2.45, 2.75) is 51.5 Å². The van der Waals surface area contributed by atoms with Crippen LogP contribution in [0.4, 0.5) is 0 Å². The van der Waals surface area contributed by atoms with Crippen LogP contribution in [0.25, 0.3) is 0 Å². The van der Waals surface area contributed by atoms with Crippen molar-refractivity contribution in [3.63, 3.8) is 0 Å². The molecule has 1 saturated carbocycles. The van der Waals surface area contributed by atoms with E-state index in [1.165, 1.54) is 4.90 Å². The van der Waals surface area contributed by atoms with Gasteiger partial charge in [-0.2, -0.15) is 0 Å². The Labute approximate surface area is 109 Å². The largest absolute Gasteiger partial charge is 0.317 e. The highest BCUT2D eigenvalue weighted by Crippen LogP contribution is 2.39. The highest BCUT2D eigenvalue weighted by molar-refractivity contribution is 6.05. The van der Waals surface area contributed by atoms with Gasteiger partial charge < -0.3 is 5.32 Å². The van der Waals surface area contributed by atoms with Crippen LogP contribution < -0.4 is 5.32 Å². The number of hydrogen-bond donors (Lipinski definition) is 1. The maximum atomic E-state index is 12.1. The molecule has 102 valence electrons. The van der Waals surface area contributed by atoms with Crippen LogP contribution in [0.3, 0.4) is 0 Å². The molecule has 3 unspecified atom stereocenters. The summed E-state index contributed by atoms with van der Waals surface area (Å²) in [5.41, 5.74) is 0. The lowest BCUT2D eigenvalue weighted by Crippen LogP contribution is -2.34. The lowest BCUT2D eigenvalue weighted by Gasteiger charge is -2.18. The van der Waals surface area contributed by atoms with Gasteiger partial charge in [0.15, 0.2) is 0 Å². The Morgan fingerprint density at radius 2 is 1.89 bits per heavy atom. The van der Waals surface area contributed by atoms with E-state index in [2.05, 4.69) is 12.2 Å². The van der Waals surface area contributed by atoms with Gasteiger partial charge in [0.2, 0.25) is 11.8 Å². The van der Waals surface area contributed by atoms with E-state index in [1.54, 1.807) is 0 Å². The Hall–Kier alpha value is -0.900. The quantitative estimate of drug-likeness (QED) is 0.730. The first-order valence-electron chi connectivity index (χ1n) is 7.21. The summed E-state index contributed by atoms with van der Waals surface area (Å²) in [6.07, 6.45) is 5.90. The molecular weight excluding hydrogens is 228 g/mol. The van der Waals surface area contributed by atoms with Gasteiger partial charge in [0.25, 0.3) is 0 Å². The fraction of sp³-hybridized carbons (Fsp3) is 0.857. The highest BCUT2D eigenvalue weighted by Gasteiger charge is 2.49. The average molecular weight is 252 g/mol. The van der Waals surface area contributed by atoms with Gasteiger partial charge in [-0.3, -0.25) is 14.5 Å². The predicted molar refractivity (Wildman–Crippen MR) is 69.9 cm³/mol. The molecule has 1 heterocycles. The molecule has 18 heavy (non-hydrogen) atoms. The van der Waals surface area contributed by atoms with Crippen molar-refractivity contribution in [1.29, 1.82) is 0 Å². The van der Waals surface area contributed by atoms with Gasteiger partial charge in [0, 0.05) is 12.6 Å². The number of rotatable bonds is 6. The lowest BCUT2D eigenvalue weighted by molar-refractivity contribution is -0.140. The van der Waals surface area contributed by atoms with E-state index in [4.69, 9.17) is 0 Å². The zero-order valence-corrected chi connectivity index (χ0v) is 11.4. The number of likely N-dealkylation sites (tertiary alicyclic amines) is 1. The molecule has 4 nitrogen and oxygen atoms in total. The van der Waals surface area contributed by atoms with Crippen LogP contribution in [0, 0.1) is 11.8 Å². The first kappa shape index (κ1) is 13.5. The SMILES string of the molecule is CCC(CCCN1C(=O)C2CCCC2C1=O)NC. The smallest absolute Gasteiger partial charge is 0.233 e. The van der Waals surface area contributed by atoms with Crippen molar-refractivity contribution in [3.8, 4) is 0 Å². The molecule has 0 aromatic heterocycles. The third-order valence-electron chi connectivity index (χ3n) is 4.52. The van der Waals surface area contributed by atoms with Gasteiger partial charge in [-0.05, 0) is 39.2 Å². The number of hydrogen-bond acceptors (Lipinski definition) is 3. The van der Waals surface area contributed by atoms with Crippen molar-refractivity contribution in [3.05, 3.63) is 0 Å². The minimum atomic E-state index is 0.0174. The molecular formula is C14H24N2O2. The van der Waals surface area contributed by atoms with Gasteiger partial charge in [0.1, 0.15) is 0 Å². The molecule has 0 radical (unpaired) electrons. The monoisotopic (exact) mass is 252 g/mol. The summed E-state index contributed by atoms with van der Waals surface area (Å²) in [5.74, 6) is 0.229. The van der Waals surface area contributed by atoms with Gasteiger partial charge in [-0.1, -0.05) is 13.3 Å². The lowest BCUT2D eigenvalue weighted by atomic mass is 10.00. The van der Waals surface area contributed by atoms with Gasteiger partial charge in [0.05, 0.1) is 11.8 Å². The molecule has 0 aromatic rings. The van der Waals surface area contributed by atoms with Gasteiger partial charge >= 0.3 is 0 Å². The van der Waals surface area contributed by atoms with Crippen LogP contribution in [-0.4, -0.2) is 36.3 Å². The Morgan fingerprint density at radius 1 is 1.28 bits per heavy atom. The molecule has 2 rings (SSSR count). The van der Waals surface area contributed by atoms with Crippen LogP contribution in [0.1, 0.15) is 45.4 Å². The van der Waals surface area contributed by atoms with Crippen molar-refractivity contribution in [1.82, 2.24) is 10.2 Å². The summed E-state index contributed by atoms with van der Waals surface area (Å²) in [7, 11) is 1.96. The molecule has 3 atom stereocenters. The standard InChI is InChI=1S/C14H24N2O2/c1-3-10(15-2)6-5-9-16-13(17)11-7-4-8-12(11)14(16)18/h10-12,15H,3-9H2,1-2H3. The molecule has 2 aliphatic rings. The molecule has 4 heteroatoms. The Morgan fingerprint density at radius 3 is 2.39 bits per heavy atom. The van der Waals surface area contributed by atoms with Crippen LogP contribution in [0.2, 0.25) is 0 Å². The third kappa shape index (κ3) is 2.44. The number of fused-ring (bicyclic) bond motifs is 1. The molecule has 2 fully saturated rings. The van der Waals surface area contributed by atoms with E-state index in [-0.39, 0.29) is 23.7 Å². The van der Waals surface area contributed by atoms with Crippen LogP contribution in [-0.2, 0) is 9.59 Å². The van der Waals surface area contributed by atoms with Crippen molar-refractivity contribution in [2.75, 3.05) is 13.6 Å². The normalized spacial score (nSPS) is 28.9. The van der Waals surface area contributed by atoms with Crippen molar-refractivity contribution in [2.24, 2.45) is 11.8 Å². The van der Waals surface area contributed by atoms with Crippen LogP contribution in [0.15, 0.2) is 0 Å². The number of carbonyl (C=O) groups is 2. The van der Waals surface area contributed by atoms with Gasteiger partial charge in [-0.25, -0.2) is 0 Å². The second-order valence-electron chi connectivity index (χ2n) is 5.51. The third-order valence-corrected chi connectivity index (χ3v) is 4.52. The van der Waals surface area contributed by atoms with Gasteiger partial charge in [-0.15, -0.1) is 0 Å². The molecule has 1 aliphatic carbocycles. The molecule has 0 bridgehead atoms. The van der Waals surface area contributed by atoms with Crippen LogP contribution >= 0.6 is 0 Å². The second-order valence-corrected chi connectivity index (χ2v) is 5.51. The Bertz CT molecular complexity index is 304.